The molecule has 2 heterocycles. The van der Waals surface area contributed by atoms with Gasteiger partial charge in [-0.25, -0.2) is 9.69 Å². The lowest BCUT2D eigenvalue weighted by Gasteiger charge is -2.38. The molecular weight excluding hydrogens is 546 g/mol. The molecular formula is C32H29N7O4. The highest BCUT2D eigenvalue weighted by atomic mass is 16.5. The van der Waals surface area contributed by atoms with E-state index in [1.165, 1.54) is 4.68 Å². The van der Waals surface area contributed by atoms with Crippen LogP contribution in [-0.2, 0) is 17.9 Å². The lowest BCUT2D eigenvalue weighted by Crippen LogP contribution is -2.46. The fraction of sp³-hybridized carbons (Fsp3) is 0.125. The molecule has 0 spiro atoms. The van der Waals surface area contributed by atoms with Crippen molar-refractivity contribution < 1.29 is 19.1 Å². The molecule has 0 aliphatic carbocycles. The number of nitrogens with zero attached hydrogens (tertiary/aromatic N) is 4. The van der Waals surface area contributed by atoms with Crippen LogP contribution in [-0.4, -0.2) is 38.9 Å². The number of benzene rings is 4. The Morgan fingerprint density at radius 1 is 0.884 bits per heavy atom. The zero-order chi connectivity index (χ0) is 29.6. The summed E-state index contributed by atoms with van der Waals surface area (Å²) in [6, 6.07) is 31.6. The summed E-state index contributed by atoms with van der Waals surface area (Å²) in [5.41, 5.74) is 7.52. The van der Waals surface area contributed by atoms with Crippen LogP contribution in [0.4, 0.5) is 17.1 Å². The highest BCUT2D eigenvalue weighted by molar-refractivity contribution is 6.02. The summed E-state index contributed by atoms with van der Waals surface area (Å²) in [6.07, 6.45) is 1.21. The van der Waals surface area contributed by atoms with Crippen molar-refractivity contribution in [1.82, 2.24) is 20.0 Å². The molecule has 0 radical (unpaired) electrons. The molecule has 6 rings (SSSR count). The van der Waals surface area contributed by atoms with Gasteiger partial charge in [-0.1, -0.05) is 47.7 Å². The average Bonchev–Trinajstić information content (AvgIpc) is 3.49. The fourth-order valence-corrected chi connectivity index (χ4v) is 4.66. The van der Waals surface area contributed by atoms with Gasteiger partial charge in [-0.2, -0.15) is 0 Å². The first-order chi connectivity index (χ1) is 21.1. The van der Waals surface area contributed by atoms with E-state index in [1.807, 2.05) is 72.8 Å². The predicted octanol–water partition coefficient (Wildman–Crippen LogP) is 5.10. The van der Waals surface area contributed by atoms with Crippen molar-refractivity contribution in [2.24, 2.45) is 0 Å². The summed E-state index contributed by atoms with van der Waals surface area (Å²) in [6.45, 7) is 0.187. The van der Waals surface area contributed by atoms with E-state index in [4.69, 9.17) is 9.47 Å². The zero-order valence-corrected chi connectivity index (χ0v) is 23.3. The standard InChI is InChI=1S/C32H29N7O4/c1-42-26-17-13-23(14-18-26)33-30(40)20-38-19-25(35-37-38)21-43-27-15-11-22(12-16-27)31-34-29-10-6-5-9-28(29)32(41)39(31)36-24-7-3-2-4-8-24/h2-19,31,34,36H,20-21H2,1H3,(H,33,40). The van der Waals surface area contributed by atoms with Gasteiger partial charge in [-0.15, -0.1) is 5.10 Å². The van der Waals surface area contributed by atoms with Gasteiger partial charge in [0.1, 0.15) is 36.5 Å². The minimum atomic E-state index is -0.458. The summed E-state index contributed by atoms with van der Waals surface area (Å²) in [5, 5.41) is 16.0. The second-order valence-electron chi connectivity index (χ2n) is 9.79. The number of hydrogen-bond acceptors (Lipinski definition) is 8. The summed E-state index contributed by atoms with van der Waals surface area (Å²) in [5.74, 6) is 0.971. The molecule has 1 aliphatic heterocycles. The lowest BCUT2D eigenvalue weighted by atomic mass is 10.0. The molecule has 0 bridgehead atoms. The number of amides is 2. The Morgan fingerprint density at radius 2 is 1.60 bits per heavy atom. The number of carbonyl (C=O) groups excluding carboxylic acids is 2. The van der Waals surface area contributed by atoms with Gasteiger partial charge in [0.2, 0.25) is 5.91 Å². The Bertz CT molecular complexity index is 1710. The Morgan fingerprint density at radius 3 is 2.37 bits per heavy atom. The smallest absolute Gasteiger partial charge is 0.276 e. The van der Waals surface area contributed by atoms with Gasteiger partial charge in [0.25, 0.3) is 5.91 Å². The number of hydrazine groups is 1. The molecule has 11 nitrogen and oxygen atoms in total. The number of aromatic nitrogens is 3. The van der Waals surface area contributed by atoms with Crippen LogP contribution >= 0.6 is 0 Å². The van der Waals surface area contributed by atoms with Crippen LogP contribution in [0.1, 0.15) is 27.8 Å². The van der Waals surface area contributed by atoms with E-state index in [0.717, 1.165) is 16.9 Å². The van der Waals surface area contributed by atoms with Gasteiger partial charge in [0.15, 0.2) is 0 Å². The number of nitrogens with one attached hydrogen (secondary N) is 3. The van der Waals surface area contributed by atoms with Gasteiger partial charge in [0, 0.05) is 11.4 Å². The average molecular weight is 576 g/mol. The van der Waals surface area contributed by atoms with Gasteiger partial charge in [0.05, 0.1) is 24.6 Å². The second-order valence-corrected chi connectivity index (χ2v) is 9.79. The van der Waals surface area contributed by atoms with Crippen molar-refractivity contribution in [1.29, 1.82) is 0 Å². The largest absolute Gasteiger partial charge is 0.497 e. The fourth-order valence-electron chi connectivity index (χ4n) is 4.66. The number of anilines is 3. The molecule has 0 fully saturated rings. The van der Waals surface area contributed by atoms with E-state index in [9.17, 15) is 9.59 Å². The minimum Gasteiger partial charge on any atom is -0.497 e. The number of hydrogen-bond donors (Lipinski definition) is 3. The highest BCUT2D eigenvalue weighted by Gasteiger charge is 2.33. The van der Waals surface area contributed by atoms with Crippen LogP contribution in [0.3, 0.4) is 0 Å². The van der Waals surface area contributed by atoms with E-state index < -0.39 is 6.17 Å². The Hall–Kier alpha value is -5.84. The van der Waals surface area contributed by atoms with Crippen LogP contribution < -0.4 is 25.5 Å². The molecule has 1 atom stereocenters. The van der Waals surface area contributed by atoms with E-state index in [-0.39, 0.29) is 25.0 Å². The van der Waals surface area contributed by atoms with Crippen LogP contribution in [0.5, 0.6) is 11.5 Å². The maximum absolute atomic E-state index is 13.5. The quantitative estimate of drug-likeness (QED) is 0.210. The number of rotatable bonds is 10. The van der Waals surface area contributed by atoms with Crippen LogP contribution in [0, 0.1) is 0 Å². The van der Waals surface area contributed by atoms with Gasteiger partial charge < -0.3 is 20.1 Å². The maximum Gasteiger partial charge on any atom is 0.276 e. The number of methoxy groups -OCH3 is 1. The maximum atomic E-state index is 13.5. The first kappa shape index (κ1) is 27.3. The van der Waals surface area contributed by atoms with Crippen molar-refractivity contribution in [3.05, 3.63) is 126 Å². The number of ether oxygens (including phenoxy) is 2. The van der Waals surface area contributed by atoms with Crippen molar-refractivity contribution in [3.8, 4) is 11.5 Å². The Balaban J connectivity index is 1.08. The van der Waals surface area contributed by atoms with Crippen molar-refractivity contribution in [2.45, 2.75) is 19.3 Å². The summed E-state index contributed by atoms with van der Waals surface area (Å²) in [7, 11) is 1.59. The van der Waals surface area contributed by atoms with Gasteiger partial charge >= 0.3 is 0 Å². The van der Waals surface area contributed by atoms with Gasteiger partial charge in [-0.3, -0.25) is 15.0 Å². The monoisotopic (exact) mass is 575 g/mol. The van der Waals surface area contributed by atoms with E-state index in [0.29, 0.717) is 28.4 Å². The summed E-state index contributed by atoms with van der Waals surface area (Å²) >= 11 is 0. The summed E-state index contributed by atoms with van der Waals surface area (Å²) in [4.78, 5) is 25.9. The third-order valence-corrected chi connectivity index (χ3v) is 6.80. The van der Waals surface area contributed by atoms with E-state index >= 15 is 0 Å². The SMILES string of the molecule is COc1ccc(NC(=O)Cn2cc(COc3ccc(C4Nc5ccccc5C(=O)N4Nc4ccccc4)cc3)nn2)cc1. The molecule has 2 amide bonds. The number of carbonyl (C=O) groups is 2. The Labute approximate surface area is 248 Å². The van der Waals surface area contributed by atoms with Crippen LogP contribution in [0.2, 0.25) is 0 Å². The van der Waals surface area contributed by atoms with E-state index in [1.54, 1.807) is 48.6 Å². The third kappa shape index (κ3) is 6.41. The molecule has 3 N–H and O–H groups in total. The predicted molar refractivity (Wildman–Crippen MR) is 161 cm³/mol. The molecule has 0 saturated carbocycles. The van der Waals surface area contributed by atoms with Crippen molar-refractivity contribution in [3.63, 3.8) is 0 Å². The number of para-hydroxylation sites is 2. The molecule has 216 valence electrons. The van der Waals surface area contributed by atoms with Crippen LogP contribution in [0.15, 0.2) is 109 Å². The van der Waals surface area contributed by atoms with Gasteiger partial charge in [-0.05, 0) is 66.2 Å². The summed E-state index contributed by atoms with van der Waals surface area (Å²) < 4.78 is 12.5. The molecule has 1 unspecified atom stereocenters. The molecule has 4 aromatic carbocycles. The molecule has 11 heteroatoms. The topological polar surface area (TPSA) is 123 Å². The van der Waals surface area contributed by atoms with Crippen molar-refractivity contribution in [2.75, 3.05) is 23.2 Å². The van der Waals surface area contributed by atoms with Crippen molar-refractivity contribution >= 4 is 28.9 Å². The minimum absolute atomic E-state index is 0.0114. The normalized spacial score (nSPS) is 13.9. The third-order valence-electron chi connectivity index (χ3n) is 6.80. The van der Waals surface area contributed by atoms with Crippen LogP contribution in [0.25, 0.3) is 0 Å². The highest BCUT2D eigenvalue weighted by Crippen LogP contribution is 2.34. The molecule has 1 aromatic heterocycles. The molecule has 43 heavy (non-hydrogen) atoms. The first-order valence-electron chi connectivity index (χ1n) is 13.6. The van der Waals surface area contributed by atoms with E-state index in [2.05, 4.69) is 26.4 Å². The molecule has 0 saturated heterocycles. The molecule has 5 aromatic rings. The lowest BCUT2D eigenvalue weighted by molar-refractivity contribution is -0.116. The second kappa shape index (κ2) is 12.4. The molecule has 1 aliphatic rings. The first-order valence-corrected chi connectivity index (χ1v) is 13.6. The Kier molecular flexibility index (Phi) is 7.85. The zero-order valence-electron chi connectivity index (χ0n) is 23.3. The number of fused-ring (bicyclic) bond motifs is 1.